The second kappa shape index (κ2) is 13.3. The van der Waals surface area contributed by atoms with E-state index in [1.807, 2.05) is 13.8 Å². The van der Waals surface area contributed by atoms with Gasteiger partial charge in [0.15, 0.2) is 5.78 Å². The van der Waals surface area contributed by atoms with Gasteiger partial charge in [0.2, 0.25) is 5.95 Å². The monoisotopic (exact) mass is 670 g/mol. The maximum atomic E-state index is 14.1. The number of amides is 1. The fraction of sp³-hybridized carbons (Fsp3) is 0.294. The highest BCUT2D eigenvalue weighted by molar-refractivity contribution is 6.42. The molecule has 1 aliphatic carbocycles. The van der Waals surface area contributed by atoms with Gasteiger partial charge in [-0.3, -0.25) is 14.4 Å². The molecule has 240 valence electrons. The molecule has 0 aliphatic heterocycles. The summed E-state index contributed by atoms with van der Waals surface area (Å²) < 4.78 is 40.6. The number of hydrogen-bond donors (Lipinski definition) is 2. The third-order valence-electron chi connectivity index (χ3n) is 8.24. The number of anilines is 1. The van der Waals surface area contributed by atoms with E-state index in [2.05, 4.69) is 10.6 Å². The SMILES string of the molecule is CNC(=O)c1ccc(-n2c(NC(C)Cc3ccc(C(F)(F)F)cc3)nc3c(c2=O)C[C@@H](C)C(C(=O)c2ccc(Cl)c(Cl)c2)C3)cc1. The highest BCUT2D eigenvalue weighted by Gasteiger charge is 2.35. The molecule has 1 aromatic heterocycles. The zero-order chi connectivity index (χ0) is 33.3. The van der Waals surface area contributed by atoms with Crippen molar-refractivity contribution in [1.82, 2.24) is 14.9 Å². The number of fused-ring (bicyclic) bond motifs is 1. The first-order chi connectivity index (χ1) is 21.8. The van der Waals surface area contributed by atoms with Crippen molar-refractivity contribution in [3.05, 3.63) is 121 Å². The number of nitrogens with one attached hydrogen (secondary N) is 2. The highest BCUT2D eigenvalue weighted by atomic mass is 35.5. The van der Waals surface area contributed by atoms with E-state index in [1.165, 1.54) is 29.8 Å². The van der Waals surface area contributed by atoms with Gasteiger partial charge in [-0.1, -0.05) is 42.3 Å². The molecule has 7 nitrogen and oxygen atoms in total. The second-order valence-corrected chi connectivity index (χ2v) is 12.4. The van der Waals surface area contributed by atoms with Crippen LogP contribution in [0.5, 0.6) is 0 Å². The number of carbonyl (C=O) groups excluding carboxylic acids is 2. The molecule has 1 amide bonds. The molecule has 2 unspecified atom stereocenters. The topological polar surface area (TPSA) is 93.1 Å². The van der Waals surface area contributed by atoms with Crippen LogP contribution in [0, 0.1) is 11.8 Å². The van der Waals surface area contributed by atoms with Gasteiger partial charge >= 0.3 is 6.18 Å². The van der Waals surface area contributed by atoms with Crippen LogP contribution in [0.25, 0.3) is 5.69 Å². The molecular weight excluding hydrogens is 640 g/mol. The Morgan fingerprint density at radius 2 is 1.63 bits per heavy atom. The zero-order valence-corrected chi connectivity index (χ0v) is 26.7. The molecule has 3 atom stereocenters. The molecule has 1 aliphatic rings. The fourth-order valence-corrected chi connectivity index (χ4v) is 6.06. The van der Waals surface area contributed by atoms with E-state index in [0.717, 1.165) is 12.1 Å². The number of rotatable bonds is 8. The van der Waals surface area contributed by atoms with Gasteiger partial charge in [-0.25, -0.2) is 9.55 Å². The Kier molecular flexibility index (Phi) is 9.60. The summed E-state index contributed by atoms with van der Waals surface area (Å²) in [5.41, 5.74) is 1.90. The van der Waals surface area contributed by atoms with Crippen LogP contribution in [0.1, 0.15) is 56.9 Å². The van der Waals surface area contributed by atoms with Crippen LogP contribution in [0.3, 0.4) is 0 Å². The summed E-state index contributed by atoms with van der Waals surface area (Å²) in [6.07, 6.45) is -3.55. The first-order valence-electron chi connectivity index (χ1n) is 14.7. The molecular formula is C34H31Cl2F3N4O3. The fourth-order valence-electron chi connectivity index (χ4n) is 5.76. The number of Topliss-reactive ketones (excluding diaryl/α,β-unsaturated/α-hetero) is 1. The van der Waals surface area contributed by atoms with E-state index in [0.29, 0.717) is 51.5 Å². The Labute approximate surface area is 273 Å². The van der Waals surface area contributed by atoms with Crippen LogP contribution in [-0.2, 0) is 25.4 Å². The standard InChI is InChI=1S/C34H31Cl2F3N4O3/c1-18-14-26-29(17-25(18)30(44)22-8-13-27(35)28(36)16-22)42-33(41-19(2)15-20-4-9-23(10-5-20)34(37,38)39)43(32(26)46)24-11-6-21(7-12-24)31(45)40-3/h4-13,16,18-19,25H,14-15,17H2,1-3H3,(H,40,45)(H,41,42)/t18-,19?,25?/m1/s1. The minimum absolute atomic E-state index is 0.127. The molecule has 46 heavy (non-hydrogen) atoms. The van der Waals surface area contributed by atoms with Gasteiger partial charge in [0.1, 0.15) is 0 Å². The molecule has 0 fully saturated rings. The predicted molar refractivity (Wildman–Crippen MR) is 172 cm³/mol. The van der Waals surface area contributed by atoms with Gasteiger partial charge in [0.25, 0.3) is 11.5 Å². The van der Waals surface area contributed by atoms with Crippen molar-refractivity contribution in [1.29, 1.82) is 0 Å². The number of aromatic nitrogens is 2. The van der Waals surface area contributed by atoms with Gasteiger partial charge in [-0.2, -0.15) is 13.2 Å². The lowest BCUT2D eigenvalue weighted by Crippen LogP contribution is -2.38. The molecule has 4 aromatic rings. The van der Waals surface area contributed by atoms with Gasteiger partial charge in [-0.05, 0) is 85.8 Å². The van der Waals surface area contributed by atoms with Crippen LogP contribution in [-0.4, -0.2) is 34.3 Å². The number of carbonyl (C=O) groups is 2. The van der Waals surface area contributed by atoms with Crippen molar-refractivity contribution in [3.8, 4) is 5.69 Å². The molecule has 0 bridgehead atoms. The molecule has 0 saturated heterocycles. The Balaban J connectivity index is 1.51. The third-order valence-corrected chi connectivity index (χ3v) is 8.98. The van der Waals surface area contributed by atoms with Crippen molar-refractivity contribution in [2.24, 2.45) is 11.8 Å². The number of nitrogens with zero attached hydrogens (tertiary/aromatic N) is 2. The second-order valence-electron chi connectivity index (χ2n) is 11.6. The predicted octanol–water partition coefficient (Wildman–Crippen LogP) is 7.19. The largest absolute Gasteiger partial charge is 0.416 e. The van der Waals surface area contributed by atoms with Crippen LogP contribution >= 0.6 is 23.2 Å². The molecule has 0 saturated carbocycles. The smallest absolute Gasteiger partial charge is 0.355 e. The van der Waals surface area contributed by atoms with Crippen LogP contribution in [0.2, 0.25) is 10.0 Å². The maximum Gasteiger partial charge on any atom is 0.416 e. The van der Waals surface area contributed by atoms with E-state index in [9.17, 15) is 27.6 Å². The number of halogens is 5. The first kappa shape index (κ1) is 33.2. The normalized spacial score (nSPS) is 16.8. The van der Waals surface area contributed by atoms with Crippen LogP contribution in [0.4, 0.5) is 19.1 Å². The van der Waals surface area contributed by atoms with E-state index in [-0.39, 0.29) is 46.6 Å². The van der Waals surface area contributed by atoms with Crippen LogP contribution < -0.4 is 16.2 Å². The minimum Gasteiger partial charge on any atom is -0.355 e. The van der Waals surface area contributed by atoms with E-state index >= 15 is 0 Å². The minimum atomic E-state index is -4.44. The van der Waals surface area contributed by atoms with E-state index in [4.69, 9.17) is 28.2 Å². The number of hydrogen-bond acceptors (Lipinski definition) is 5. The van der Waals surface area contributed by atoms with Gasteiger partial charge in [0, 0.05) is 42.1 Å². The summed E-state index contributed by atoms with van der Waals surface area (Å²) in [6.45, 7) is 3.75. The summed E-state index contributed by atoms with van der Waals surface area (Å²) in [7, 11) is 1.52. The average Bonchev–Trinajstić information content (AvgIpc) is 3.02. The lowest BCUT2D eigenvalue weighted by molar-refractivity contribution is -0.137. The van der Waals surface area contributed by atoms with Crippen molar-refractivity contribution in [2.75, 3.05) is 12.4 Å². The average molecular weight is 672 g/mol. The Morgan fingerprint density at radius 1 is 0.978 bits per heavy atom. The molecule has 0 spiro atoms. The zero-order valence-electron chi connectivity index (χ0n) is 25.2. The number of ketones is 1. The van der Waals surface area contributed by atoms with E-state index < -0.39 is 17.7 Å². The van der Waals surface area contributed by atoms with Crippen molar-refractivity contribution < 1.29 is 22.8 Å². The van der Waals surface area contributed by atoms with Gasteiger partial charge < -0.3 is 10.6 Å². The van der Waals surface area contributed by atoms with Crippen molar-refractivity contribution in [2.45, 2.75) is 45.3 Å². The number of alkyl halides is 3. The number of benzene rings is 3. The third kappa shape index (κ3) is 6.98. The lowest BCUT2D eigenvalue weighted by atomic mass is 9.75. The summed E-state index contributed by atoms with van der Waals surface area (Å²) in [4.78, 5) is 44.7. The maximum absolute atomic E-state index is 14.1. The molecule has 1 heterocycles. The van der Waals surface area contributed by atoms with E-state index in [1.54, 1.807) is 36.4 Å². The summed E-state index contributed by atoms with van der Waals surface area (Å²) >= 11 is 12.2. The quantitative estimate of drug-likeness (QED) is 0.194. The summed E-state index contributed by atoms with van der Waals surface area (Å²) in [5, 5.41) is 6.45. The Morgan fingerprint density at radius 3 is 2.24 bits per heavy atom. The molecule has 2 N–H and O–H groups in total. The molecule has 12 heteroatoms. The summed E-state index contributed by atoms with van der Waals surface area (Å²) in [6, 6.07) is 15.8. The van der Waals surface area contributed by atoms with Gasteiger partial charge in [0.05, 0.1) is 27.0 Å². The lowest BCUT2D eigenvalue weighted by Gasteiger charge is -2.30. The van der Waals surface area contributed by atoms with Crippen molar-refractivity contribution >= 4 is 40.8 Å². The first-order valence-corrected chi connectivity index (χ1v) is 15.4. The van der Waals surface area contributed by atoms with Crippen LogP contribution in [0.15, 0.2) is 71.5 Å². The summed E-state index contributed by atoms with van der Waals surface area (Å²) in [5.74, 6) is -0.830. The highest BCUT2D eigenvalue weighted by Crippen LogP contribution is 2.33. The molecule has 3 aromatic carbocycles. The Bertz CT molecular complexity index is 1840. The molecule has 0 radical (unpaired) electrons. The van der Waals surface area contributed by atoms with Gasteiger partial charge in [-0.15, -0.1) is 0 Å². The van der Waals surface area contributed by atoms with Crippen molar-refractivity contribution in [3.63, 3.8) is 0 Å². The molecule has 5 rings (SSSR count). The Hall–Kier alpha value is -4.15.